The van der Waals surface area contributed by atoms with Crippen molar-refractivity contribution in [3.8, 4) is 5.75 Å². The van der Waals surface area contributed by atoms with E-state index in [0.29, 0.717) is 86.9 Å². The summed E-state index contributed by atoms with van der Waals surface area (Å²) in [5.41, 5.74) is 3.75. The first-order chi connectivity index (χ1) is 24.7. The van der Waals surface area contributed by atoms with Crippen LogP contribution in [0.3, 0.4) is 0 Å². The molecule has 17 heteroatoms. The van der Waals surface area contributed by atoms with Crippen molar-refractivity contribution in [3.05, 3.63) is 77.7 Å². The molecule has 2 aromatic carbocycles. The first kappa shape index (κ1) is 39.2. The zero-order valence-electron chi connectivity index (χ0n) is 29.3. The number of hydrogen-bond donors (Lipinski definition) is 3. The summed E-state index contributed by atoms with van der Waals surface area (Å²) in [6, 6.07) is 15.3. The van der Waals surface area contributed by atoms with Crippen LogP contribution in [0.1, 0.15) is 43.6 Å². The summed E-state index contributed by atoms with van der Waals surface area (Å²) in [6.07, 6.45) is -3.15. The highest BCUT2D eigenvalue weighted by Gasteiger charge is 2.38. The lowest BCUT2D eigenvalue weighted by Crippen LogP contribution is -2.51. The highest BCUT2D eigenvalue weighted by atomic mass is 19.4. The number of urea groups is 1. The average Bonchev–Trinajstić information content (AvgIpc) is 3.53. The molecule has 52 heavy (non-hydrogen) atoms. The fourth-order valence-corrected chi connectivity index (χ4v) is 5.12. The number of piperazine rings is 1. The SMILES string of the molecule is CCN(CC)C(=O)c1ccc(Nc2nc3ccc(N4CCN(C(=O)NCc5ccc(F)cc5)CC4)cn3n2)c(OCC(C)C)c1.O=C(O)C(F)(F)F. The highest BCUT2D eigenvalue weighted by molar-refractivity contribution is 5.95. The van der Waals surface area contributed by atoms with E-state index in [4.69, 9.17) is 14.6 Å². The van der Waals surface area contributed by atoms with Crippen LogP contribution in [0.5, 0.6) is 5.75 Å². The zero-order chi connectivity index (χ0) is 38.0. The van der Waals surface area contributed by atoms with E-state index in [2.05, 4.69) is 39.5 Å². The van der Waals surface area contributed by atoms with Crippen LogP contribution in [-0.2, 0) is 11.3 Å². The van der Waals surface area contributed by atoms with Crippen LogP contribution < -0.4 is 20.3 Å². The fraction of sp³-hybridized carbons (Fsp3) is 0.400. The molecule has 13 nitrogen and oxygen atoms in total. The third-order valence-corrected chi connectivity index (χ3v) is 7.94. The monoisotopic (exact) mass is 730 g/mol. The molecule has 3 heterocycles. The second-order valence-electron chi connectivity index (χ2n) is 12.2. The van der Waals surface area contributed by atoms with Crippen molar-refractivity contribution in [1.29, 1.82) is 0 Å². The quantitative estimate of drug-likeness (QED) is 0.163. The van der Waals surface area contributed by atoms with E-state index in [-0.39, 0.29) is 17.8 Å². The molecule has 1 saturated heterocycles. The summed E-state index contributed by atoms with van der Waals surface area (Å²) < 4.78 is 52.7. The lowest BCUT2D eigenvalue weighted by Gasteiger charge is -2.36. The second kappa shape index (κ2) is 17.5. The average molecular weight is 731 g/mol. The van der Waals surface area contributed by atoms with E-state index in [1.807, 2.05) is 38.2 Å². The summed E-state index contributed by atoms with van der Waals surface area (Å²) in [6.45, 7) is 12.7. The molecule has 3 amide bonds. The van der Waals surface area contributed by atoms with Crippen molar-refractivity contribution in [2.75, 3.05) is 56.1 Å². The number of nitrogens with one attached hydrogen (secondary N) is 2. The molecule has 3 N–H and O–H groups in total. The number of fused-ring (bicyclic) bond motifs is 1. The Morgan fingerprint density at radius 1 is 0.981 bits per heavy atom. The number of hydrogen-bond acceptors (Lipinski definition) is 8. The summed E-state index contributed by atoms with van der Waals surface area (Å²) in [4.78, 5) is 45.0. The minimum atomic E-state index is -5.08. The molecule has 0 radical (unpaired) electrons. The predicted octanol–water partition coefficient (Wildman–Crippen LogP) is 5.79. The topological polar surface area (TPSA) is 145 Å². The number of carboxylic acids is 1. The van der Waals surface area contributed by atoms with Crippen molar-refractivity contribution in [1.82, 2.24) is 29.7 Å². The highest BCUT2D eigenvalue weighted by Crippen LogP contribution is 2.30. The lowest BCUT2D eigenvalue weighted by molar-refractivity contribution is -0.192. The molecule has 280 valence electrons. The van der Waals surface area contributed by atoms with Crippen molar-refractivity contribution in [3.63, 3.8) is 0 Å². The van der Waals surface area contributed by atoms with Crippen molar-refractivity contribution >= 4 is 40.9 Å². The molecule has 5 rings (SSSR count). The van der Waals surface area contributed by atoms with Crippen LogP contribution >= 0.6 is 0 Å². The van der Waals surface area contributed by atoms with Gasteiger partial charge in [0.25, 0.3) is 5.91 Å². The number of aliphatic carboxylic acids is 1. The maximum atomic E-state index is 13.1. The molecule has 1 aliphatic heterocycles. The summed E-state index contributed by atoms with van der Waals surface area (Å²) >= 11 is 0. The lowest BCUT2D eigenvalue weighted by atomic mass is 10.1. The van der Waals surface area contributed by atoms with E-state index in [1.54, 1.807) is 38.6 Å². The second-order valence-corrected chi connectivity index (χ2v) is 12.2. The van der Waals surface area contributed by atoms with Gasteiger partial charge >= 0.3 is 18.2 Å². The van der Waals surface area contributed by atoms with Gasteiger partial charge in [0, 0.05) is 51.4 Å². The Balaban J connectivity index is 0.000000785. The van der Waals surface area contributed by atoms with Crippen molar-refractivity contribution < 1.29 is 41.8 Å². The van der Waals surface area contributed by atoms with E-state index in [9.17, 15) is 27.2 Å². The van der Waals surface area contributed by atoms with E-state index >= 15 is 0 Å². The number of alkyl halides is 3. The number of ether oxygens (including phenoxy) is 1. The number of carbonyl (C=O) groups is 3. The van der Waals surface area contributed by atoms with Gasteiger partial charge in [0.05, 0.1) is 24.2 Å². The standard InChI is InChI=1S/C33H41FN8O3.C2HF3O2/c1-5-39(6-2)31(43)25-9-13-28(29(19-25)45-22-23(3)4)36-32-37-30-14-12-27(21-42(30)38-32)40-15-17-41(18-16-40)33(44)35-20-24-7-10-26(34)11-8-24;3-2(4,5)1(6)7/h7-14,19,21,23H,5-6,15-18,20,22H2,1-4H3,(H,35,44)(H,36,38);(H,6,7). The van der Waals surface area contributed by atoms with Crippen LogP contribution in [-0.4, -0.2) is 99.5 Å². The molecule has 0 atom stereocenters. The summed E-state index contributed by atoms with van der Waals surface area (Å²) in [5, 5.41) is 18.0. The van der Waals surface area contributed by atoms with Gasteiger partial charge in [0.2, 0.25) is 5.95 Å². The number of anilines is 3. The smallest absolute Gasteiger partial charge is 0.490 e. The molecule has 0 bridgehead atoms. The largest absolute Gasteiger partial charge is 0.491 e. The van der Waals surface area contributed by atoms with Crippen LogP contribution in [0.25, 0.3) is 5.65 Å². The van der Waals surface area contributed by atoms with E-state index < -0.39 is 12.1 Å². The van der Waals surface area contributed by atoms with Gasteiger partial charge in [0.15, 0.2) is 5.65 Å². The molecule has 0 unspecified atom stereocenters. The minimum absolute atomic E-state index is 0.0363. The number of rotatable bonds is 11. The number of benzene rings is 2. The summed E-state index contributed by atoms with van der Waals surface area (Å²) in [7, 11) is 0. The molecule has 1 fully saturated rings. The summed E-state index contributed by atoms with van der Waals surface area (Å²) in [5.74, 6) is -1.80. The van der Waals surface area contributed by atoms with Crippen LogP contribution in [0, 0.1) is 11.7 Å². The van der Waals surface area contributed by atoms with Gasteiger partial charge < -0.3 is 35.2 Å². The van der Waals surface area contributed by atoms with Gasteiger partial charge in [-0.2, -0.15) is 18.2 Å². The molecule has 1 aliphatic rings. The Hall–Kier alpha value is -5.61. The van der Waals surface area contributed by atoms with Crippen LogP contribution in [0.2, 0.25) is 0 Å². The number of carbonyl (C=O) groups excluding carboxylic acids is 2. The molecule has 2 aromatic heterocycles. The number of carboxylic acid groups (broad SMARTS) is 1. The van der Waals surface area contributed by atoms with Crippen molar-refractivity contribution in [2.45, 2.75) is 40.4 Å². The van der Waals surface area contributed by atoms with Gasteiger partial charge in [-0.05, 0) is 67.8 Å². The molecule has 0 spiro atoms. The Morgan fingerprint density at radius 2 is 1.63 bits per heavy atom. The van der Waals surface area contributed by atoms with Crippen LogP contribution in [0.4, 0.5) is 39.7 Å². The Labute approximate surface area is 298 Å². The van der Waals surface area contributed by atoms with Gasteiger partial charge in [-0.3, -0.25) is 4.79 Å². The molecular formula is C35H42F4N8O5. The van der Waals surface area contributed by atoms with Crippen molar-refractivity contribution in [2.24, 2.45) is 5.92 Å². The molecule has 0 saturated carbocycles. The number of amides is 3. The molecular weight excluding hydrogens is 688 g/mol. The normalized spacial score (nSPS) is 13.0. The van der Waals surface area contributed by atoms with Gasteiger partial charge in [0.1, 0.15) is 11.6 Å². The van der Waals surface area contributed by atoms with Gasteiger partial charge in [-0.15, -0.1) is 5.10 Å². The molecule has 0 aliphatic carbocycles. The van der Waals surface area contributed by atoms with E-state index in [1.165, 1.54) is 12.1 Å². The van der Waals surface area contributed by atoms with E-state index in [0.717, 1.165) is 11.3 Å². The first-order valence-electron chi connectivity index (χ1n) is 16.7. The Morgan fingerprint density at radius 3 is 2.23 bits per heavy atom. The number of halogens is 4. The molecule has 4 aromatic rings. The number of aromatic nitrogens is 3. The maximum absolute atomic E-state index is 13.1. The number of nitrogens with zero attached hydrogens (tertiary/aromatic N) is 6. The number of pyridine rings is 1. The fourth-order valence-electron chi connectivity index (χ4n) is 5.12. The maximum Gasteiger partial charge on any atom is 0.490 e. The third-order valence-electron chi connectivity index (χ3n) is 7.94. The first-order valence-corrected chi connectivity index (χ1v) is 16.7. The van der Waals surface area contributed by atoms with Crippen LogP contribution in [0.15, 0.2) is 60.8 Å². The Kier molecular flexibility index (Phi) is 13.2. The van der Waals surface area contributed by atoms with Gasteiger partial charge in [-0.25, -0.2) is 18.5 Å². The van der Waals surface area contributed by atoms with Gasteiger partial charge in [-0.1, -0.05) is 26.0 Å². The zero-order valence-corrected chi connectivity index (χ0v) is 29.3. The minimum Gasteiger partial charge on any atom is -0.491 e. The Bertz CT molecular complexity index is 1820. The predicted molar refractivity (Wildman–Crippen MR) is 186 cm³/mol. The third kappa shape index (κ3) is 10.7.